The van der Waals surface area contributed by atoms with Crippen molar-refractivity contribution in [3.8, 4) is 0 Å². The predicted molar refractivity (Wildman–Crippen MR) is 50.7 cm³/mol. The lowest BCUT2D eigenvalue weighted by molar-refractivity contribution is 0.776. The van der Waals surface area contributed by atoms with Gasteiger partial charge >= 0.3 is 0 Å². The Morgan fingerprint density at radius 1 is 1.30 bits per heavy atom. The minimum absolute atomic E-state index is 0.827. The molecule has 0 heterocycles. The van der Waals surface area contributed by atoms with Gasteiger partial charge in [-0.3, -0.25) is 0 Å². The van der Waals surface area contributed by atoms with Gasteiger partial charge in [0.25, 0.3) is 0 Å². The summed E-state index contributed by atoms with van der Waals surface area (Å²) in [5.41, 5.74) is 1.17. The second-order valence-corrected chi connectivity index (χ2v) is 2.98. The molecule has 0 spiro atoms. The number of halogens is 1. The summed E-state index contributed by atoms with van der Waals surface area (Å²) in [7, 11) is 0. The Balaban J connectivity index is 0. The zero-order valence-corrected chi connectivity index (χ0v) is 8.17. The van der Waals surface area contributed by atoms with Gasteiger partial charge in [0.1, 0.15) is 0 Å². The van der Waals surface area contributed by atoms with Crippen LogP contribution in [0.15, 0.2) is 12.2 Å². The fourth-order valence-electron chi connectivity index (χ4n) is 0.344. The summed E-state index contributed by atoms with van der Waals surface area (Å²) in [4.78, 5) is 0. The summed E-state index contributed by atoms with van der Waals surface area (Å²) >= 11 is 5.38. The van der Waals surface area contributed by atoms with Gasteiger partial charge in [-0.05, 0) is 20.3 Å². The van der Waals surface area contributed by atoms with Crippen LogP contribution in [0.5, 0.6) is 0 Å². The molecule has 0 bridgehead atoms. The Labute approximate surface area is 70.3 Å². The number of rotatable bonds is 3. The van der Waals surface area contributed by atoms with Crippen LogP contribution in [0.3, 0.4) is 0 Å². The molecule has 0 atom stereocenters. The summed E-state index contributed by atoms with van der Waals surface area (Å²) in [6.45, 7) is 9.67. The third kappa shape index (κ3) is 43.2. The maximum Gasteiger partial charge on any atom is 0.0223 e. The highest BCUT2D eigenvalue weighted by Gasteiger charge is 1.76. The van der Waals surface area contributed by atoms with E-state index < -0.39 is 0 Å². The lowest BCUT2D eigenvalue weighted by Gasteiger charge is -1.84. The SMILES string of the molecule is C=C(C)C.CCCCCCl. The molecule has 0 aromatic rings. The van der Waals surface area contributed by atoms with Crippen molar-refractivity contribution in [1.82, 2.24) is 0 Å². The molecule has 0 amide bonds. The molecule has 62 valence electrons. The van der Waals surface area contributed by atoms with E-state index in [4.69, 9.17) is 11.6 Å². The van der Waals surface area contributed by atoms with Crippen LogP contribution >= 0.6 is 11.6 Å². The third-order valence-electron chi connectivity index (χ3n) is 0.737. The first kappa shape index (κ1) is 12.7. The molecule has 0 aromatic heterocycles. The molecule has 0 aliphatic rings. The molecule has 0 unspecified atom stereocenters. The van der Waals surface area contributed by atoms with E-state index in [0.29, 0.717) is 0 Å². The molecule has 0 aliphatic heterocycles. The minimum Gasteiger partial charge on any atom is -0.127 e. The zero-order chi connectivity index (χ0) is 8.41. The zero-order valence-electron chi connectivity index (χ0n) is 7.41. The first-order chi connectivity index (χ1) is 4.65. The lowest BCUT2D eigenvalue weighted by Crippen LogP contribution is -1.70. The van der Waals surface area contributed by atoms with Crippen LogP contribution in [0, 0.1) is 0 Å². The maximum atomic E-state index is 5.38. The highest BCUT2D eigenvalue weighted by atomic mass is 35.5. The first-order valence-electron chi connectivity index (χ1n) is 3.83. The van der Waals surface area contributed by atoms with Crippen molar-refractivity contribution in [2.24, 2.45) is 0 Å². The van der Waals surface area contributed by atoms with Crippen molar-refractivity contribution in [2.75, 3.05) is 5.88 Å². The normalized spacial score (nSPS) is 8.00. The number of hydrogen-bond acceptors (Lipinski definition) is 0. The van der Waals surface area contributed by atoms with E-state index in [1.165, 1.54) is 24.8 Å². The Bertz CT molecular complexity index is 59.1. The van der Waals surface area contributed by atoms with E-state index in [-0.39, 0.29) is 0 Å². The van der Waals surface area contributed by atoms with E-state index in [9.17, 15) is 0 Å². The van der Waals surface area contributed by atoms with Crippen LogP contribution in [0.1, 0.15) is 40.0 Å². The summed E-state index contributed by atoms with van der Waals surface area (Å²) in [6.07, 6.45) is 3.73. The second-order valence-electron chi connectivity index (χ2n) is 2.60. The molecule has 0 nitrogen and oxygen atoms in total. The molecular weight excluding hydrogens is 144 g/mol. The van der Waals surface area contributed by atoms with Crippen molar-refractivity contribution >= 4 is 11.6 Å². The van der Waals surface area contributed by atoms with E-state index in [2.05, 4.69) is 13.5 Å². The van der Waals surface area contributed by atoms with E-state index in [1.54, 1.807) is 0 Å². The van der Waals surface area contributed by atoms with Crippen LogP contribution in [0.2, 0.25) is 0 Å². The standard InChI is InChI=1S/C5H11Cl.C4H8/c1-2-3-4-5-6;1-4(2)3/h2-5H2,1H3;1H2,2-3H3. The molecule has 0 saturated heterocycles. The molecule has 0 rings (SSSR count). The molecular formula is C9H19Cl. The largest absolute Gasteiger partial charge is 0.127 e. The van der Waals surface area contributed by atoms with Gasteiger partial charge in [-0.25, -0.2) is 0 Å². The maximum absolute atomic E-state index is 5.38. The molecule has 0 aliphatic carbocycles. The fourth-order valence-corrected chi connectivity index (χ4v) is 0.533. The Morgan fingerprint density at radius 2 is 1.70 bits per heavy atom. The average Bonchev–Trinajstić information content (AvgIpc) is 1.82. The quantitative estimate of drug-likeness (QED) is 0.334. The molecule has 0 aromatic carbocycles. The number of unbranched alkanes of at least 4 members (excludes halogenated alkanes) is 2. The average molecular weight is 163 g/mol. The van der Waals surface area contributed by atoms with Gasteiger partial charge in [0.05, 0.1) is 0 Å². The Kier molecular flexibility index (Phi) is 14.9. The van der Waals surface area contributed by atoms with Crippen LogP contribution in [0.25, 0.3) is 0 Å². The second kappa shape index (κ2) is 11.8. The molecule has 0 N–H and O–H groups in total. The summed E-state index contributed by atoms with van der Waals surface area (Å²) in [5.74, 6) is 0.827. The Hall–Kier alpha value is 0.0300. The van der Waals surface area contributed by atoms with Crippen molar-refractivity contribution in [3.05, 3.63) is 12.2 Å². The van der Waals surface area contributed by atoms with E-state index >= 15 is 0 Å². The van der Waals surface area contributed by atoms with E-state index in [0.717, 1.165) is 5.88 Å². The molecule has 0 radical (unpaired) electrons. The van der Waals surface area contributed by atoms with Crippen molar-refractivity contribution < 1.29 is 0 Å². The van der Waals surface area contributed by atoms with Gasteiger partial charge in [0.15, 0.2) is 0 Å². The van der Waals surface area contributed by atoms with Gasteiger partial charge in [0, 0.05) is 5.88 Å². The van der Waals surface area contributed by atoms with Gasteiger partial charge in [-0.2, -0.15) is 0 Å². The molecule has 10 heavy (non-hydrogen) atoms. The lowest BCUT2D eigenvalue weighted by atomic mass is 10.3. The van der Waals surface area contributed by atoms with Crippen LogP contribution in [-0.4, -0.2) is 5.88 Å². The molecule has 1 heteroatoms. The van der Waals surface area contributed by atoms with Crippen LogP contribution in [0.4, 0.5) is 0 Å². The number of allylic oxidation sites excluding steroid dienone is 1. The van der Waals surface area contributed by atoms with Gasteiger partial charge in [-0.15, -0.1) is 18.2 Å². The van der Waals surface area contributed by atoms with Crippen LogP contribution in [-0.2, 0) is 0 Å². The molecule has 0 saturated carbocycles. The van der Waals surface area contributed by atoms with Gasteiger partial charge in [-0.1, -0.05) is 25.3 Å². The third-order valence-corrected chi connectivity index (χ3v) is 1.00. The fraction of sp³-hybridized carbons (Fsp3) is 0.778. The van der Waals surface area contributed by atoms with Crippen molar-refractivity contribution in [3.63, 3.8) is 0 Å². The summed E-state index contributed by atoms with van der Waals surface area (Å²) in [6, 6.07) is 0. The summed E-state index contributed by atoms with van der Waals surface area (Å²) < 4.78 is 0. The van der Waals surface area contributed by atoms with E-state index in [1.807, 2.05) is 13.8 Å². The van der Waals surface area contributed by atoms with Gasteiger partial charge < -0.3 is 0 Å². The van der Waals surface area contributed by atoms with Gasteiger partial charge in [0.2, 0.25) is 0 Å². The number of hydrogen-bond donors (Lipinski definition) is 0. The number of alkyl halides is 1. The monoisotopic (exact) mass is 162 g/mol. The minimum atomic E-state index is 0.827. The first-order valence-corrected chi connectivity index (χ1v) is 4.36. The summed E-state index contributed by atoms with van der Waals surface area (Å²) in [5, 5.41) is 0. The Morgan fingerprint density at radius 3 is 1.80 bits per heavy atom. The molecule has 0 fully saturated rings. The predicted octanol–water partition coefficient (Wildman–Crippen LogP) is 4.00. The topological polar surface area (TPSA) is 0 Å². The highest BCUT2D eigenvalue weighted by molar-refractivity contribution is 6.17. The van der Waals surface area contributed by atoms with Crippen molar-refractivity contribution in [2.45, 2.75) is 40.0 Å². The van der Waals surface area contributed by atoms with Crippen LogP contribution < -0.4 is 0 Å². The highest BCUT2D eigenvalue weighted by Crippen LogP contribution is 1.93. The smallest absolute Gasteiger partial charge is 0.0223 e. The van der Waals surface area contributed by atoms with Crippen molar-refractivity contribution in [1.29, 1.82) is 0 Å².